The molecule has 3 rings (SSSR count). The predicted octanol–water partition coefficient (Wildman–Crippen LogP) is 1.94. The molecule has 5 nitrogen and oxygen atoms in total. The van der Waals surface area contributed by atoms with Crippen molar-refractivity contribution in [2.45, 2.75) is 31.7 Å². The smallest absolute Gasteiger partial charge is 0.256 e. The molecule has 1 saturated carbocycles. The van der Waals surface area contributed by atoms with E-state index in [1.165, 1.54) is 0 Å². The Hall–Kier alpha value is -1.88. The number of para-hydroxylation sites is 1. The molecule has 2 aromatic rings. The standard InChI is InChI=1S/C15H19N3O2/c19-9-2-1-8-18(12-6-7-12)15(20)13-5-3-4-11-10-16-17-14(11)13/h3-5,10,12,19H,1-2,6-9H2,(H,16,17). The average molecular weight is 273 g/mol. The number of benzene rings is 1. The molecule has 1 aromatic carbocycles. The van der Waals surface area contributed by atoms with Gasteiger partial charge in [-0.15, -0.1) is 0 Å². The Labute approximate surface area is 117 Å². The highest BCUT2D eigenvalue weighted by molar-refractivity contribution is 6.05. The third kappa shape index (κ3) is 2.54. The van der Waals surface area contributed by atoms with E-state index in [-0.39, 0.29) is 12.5 Å². The van der Waals surface area contributed by atoms with E-state index >= 15 is 0 Å². The molecule has 0 spiro atoms. The molecule has 1 aliphatic rings. The molecule has 106 valence electrons. The van der Waals surface area contributed by atoms with E-state index in [1.807, 2.05) is 23.1 Å². The number of unbranched alkanes of at least 4 members (excludes halogenated alkanes) is 1. The SMILES string of the molecule is O=C(c1cccc2cn[nH]c12)N(CCCCO)C1CC1. The quantitative estimate of drug-likeness (QED) is 0.790. The first kappa shape index (κ1) is 13.1. The van der Waals surface area contributed by atoms with Gasteiger partial charge in [-0.05, 0) is 31.7 Å². The van der Waals surface area contributed by atoms with Crippen molar-refractivity contribution < 1.29 is 9.90 Å². The summed E-state index contributed by atoms with van der Waals surface area (Å²) >= 11 is 0. The van der Waals surface area contributed by atoms with Crippen molar-refractivity contribution in [2.75, 3.05) is 13.2 Å². The van der Waals surface area contributed by atoms with Crippen molar-refractivity contribution in [3.63, 3.8) is 0 Å². The molecule has 5 heteroatoms. The fourth-order valence-corrected chi connectivity index (χ4v) is 2.53. The van der Waals surface area contributed by atoms with Crippen LogP contribution in [-0.2, 0) is 0 Å². The van der Waals surface area contributed by atoms with Crippen LogP contribution < -0.4 is 0 Å². The van der Waals surface area contributed by atoms with Gasteiger partial charge in [-0.1, -0.05) is 12.1 Å². The van der Waals surface area contributed by atoms with Crippen LogP contribution in [-0.4, -0.2) is 45.3 Å². The summed E-state index contributed by atoms with van der Waals surface area (Å²) < 4.78 is 0. The third-order valence-corrected chi connectivity index (χ3v) is 3.76. The largest absolute Gasteiger partial charge is 0.396 e. The number of nitrogens with one attached hydrogen (secondary N) is 1. The number of hydrogen-bond acceptors (Lipinski definition) is 3. The molecule has 1 amide bonds. The second kappa shape index (κ2) is 5.63. The molecular weight excluding hydrogens is 254 g/mol. The van der Waals surface area contributed by atoms with Crippen molar-refractivity contribution in [2.24, 2.45) is 0 Å². The zero-order valence-corrected chi connectivity index (χ0v) is 11.4. The van der Waals surface area contributed by atoms with Crippen LogP contribution in [0.25, 0.3) is 10.9 Å². The van der Waals surface area contributed by atoms with Crippen molar-refractivity contribution in [3.8, 4) is 0 Å². The highest BCUT2D eigenvalue weighted by Gasteiger charge is 2.33. The van der Waals surface area contributed by atoms with Gasteiger partial charge in [0.25, 0.3) is 5.91 Å². The van der Waals surface area contributed by atoms with E-state index in [4.69, 9.17) is 5.11 Å². The summed E-state index contributed by atoms with van der Waals surface area (Å²) in [6.07, 6.45) is 5.50. The molecule has 1 heterocycles. The lowest BCUT2D eigenvalue weighted by Gasteiger charge is -2.22. The van der Waals surface area contributed by atoms with Gasteiger partial charge in [-0.3, -0.25) is 9.89 Å². The minimum atomic E-state index is 0.0697. The van der Waals surface area contributed by atoms with Gasteiger partial charge in [0.05, 0.1) is 17.3 Å². The molecule has 0 atom stereocenters. The number of rotatable bonds is 6. The summed E-state index contributed by atoms with van der Waals surface area (Å²) in [6.45, 7) is 0.900. The Morgan fingerprint density at radius 1 is 1.40 bits per heavy atom. The molecule has 0 saturated heterocycles. The number of aromatic amines is 1. The number of aromatic nitrogens is 2. The number of H-pyrrole nitrogens is 1. The van der Waals surface area contributed by atoms with Crippen LogP contribution >= 0.6 is 0 Å². The van der Waals surface area contributed by atoms with E-state index in [2.05, 4.69) is 10.2 Å². The number of carbonyl (C=O) groups excluding carboxylic acids is 1. The molecule has 1 aliphatic carbocycles. The maximum atomic E-state index is 12.7. The molecule has 1 fully saturated rings. The Kier molecular flexibility index (Phi) is 3.69. The normalized spacial score (nSPS) is 14.7. The van der Waals surface area contributed by atoms with Crippen molar-refractivity contribution in [1.29, 1.82) is 0 Å². The van der Waals surface area contributed by atoms with Crippen molar-refractivity contribution in [1.82, 2.24) is 15.1 Å². The lowest BCUT2D eigenvalue weighted by molar-refractivity contribution is 0.0738. The fourth-order valence-electron chi connectivity index (χ4n) is 2.53. The molecule has 2 N–H and O–H groups in total. The van der Waals surface area contributed by atoms with E-state index in [1.54, 1.807) is 6.20 Å². The van der Waals surface area contributed by atoms with Gasteiger partial charge >= 0.3 is 0 Å². The minimum Gasteiger partial charge on any atom is -0.396 e. The van der Waals surface area contributed by atoms with E-state index in [9.17, 15) is 4.79 Å². The van der Waals surface area contributed by atoms with Crippen LogP contribution in [0.5, 0.6) is 0 Å². The topological polar surface area (TPSA) is 69.2 Å². The Morgan fingerprint density at radius 2 is 2.25 bits per heavy atom. The highest BCUT2D eigenvalue weighted by Crippen LogP contribution is 2.29. The number of aliphatic hydroxyl groups excluding tert-OH is 1. The maximum absolute atomic E-state index is 12.7. The van der Waals surface area contributed by atoms with Crippen LogP contribution in [0.3, 0.4) is 0 Å². The molecule has 0 bridgehead atoms. The second-order valence-corrected chi connectivity index (χ2v) is 5.30. The van der Waals surface area contributed by atoms with E-state index in [0.717, 1.165) is 36.6 Å². The Bertz CT molecular complexity index is 604. The number of amides is 1. The number of aliphatic hydroxyl groups is 1. The van der Waals surface area contributed by atoms with Gasteiger partial charge in [-0.25, -0.2) is 0 Å². The zero-order chi connectivity index (χ0) is 13.9. The Morgan fingerprint density at radius 3 is 3.00 bits per heavy atom. The van der Waals surface area contributed by atoms with Crippen molar-refractivity contribution >= 4 is 16.8 Å². The molecule has 0 aliphatic heterocycles. The molecule has 0 unspecified atom stereocenters. The number of nitrogens with zero attached hydrogens (tertiary/aromatic N) is 2. The van der Waals surface area contributed by atoms with E-state index in [0.29, 0.717) is 18.2 Å². The molecule has 0 radical (unpaired) electrons. The molecule has 20 heavy (non-hydrogen) atoms. The number of carbonyl (C=O) groups is 1. The lowest BCUT2D eigenvalue weighted by atomic mass is 10.1. The average Bonchev–Trinajstić information content (AvgIpc) is 3.18. The van der Waals surface area contributed by atoms with Gasteiger partial charge in [0.1, 0.15) is 0 Å². The lowest BCUT2D eigenvalue weighted by Crippen LogP contribution is -2.34. The second-order valence-electron chi connectivity index (χ2n) is 5.30. The van der Waals surface area contributed by atoms with Gasteiger partial charge in [0.2, 0.25) is 0 Å². The van der Waals surface area contributed by atoms with Crippen LogP contribution in [0.2, 0.25) is 0 Å². The van der Waals surface area contributed by atoms with Crippen molar-refractivity contribution in [3.05, 3.63) is 30.0 Å². The third-order valence-electron chi connectivity index (χ3n) is 3.76. The molecule has 1 aromatic heterocycles. The first-order valence-corrected chi connectivity index (χ1v) is 7.15. The van der Waals surface area contributed by atoms with Gasteiger partial charge in [0, 0.05) is 24.6 Å². The fraction of sp³-hybridized carbons (Fsp3) is 0.467. The minimum absolute atomic E-state index is 0.0697. The molecular formula is C15H19N3O2. The van der Waals surface area contributed by atoms with Crippen LogP contribution in [0, 0.1) is 0 Å². The summed E-state index contributed by atoms with van der Waals surface area (Å²) in [6, 6.07) is 6.07. The zero-order valence-electron chi connectivity index (χ0n) is 11.4. The summed E-state index contributed by atoms with van der Waals surface area (Å²) in [5, 5.41) is 16.8. The monoisotopic (exact) mass is 273 g/mol. The number of hydrogen-bond donors (Lipinski definition) is 2. The maximum Gasteiger partial charge on any atom is 0.256 e. The highest BCUT2D eigenvalue weighted by atomic mass is 16.3. The van der Waals surface area contributed by atoms with Crippen LogP contribution in [0.1, 0.15) is 36.0 Å². The number of fused-ring (bicyclic) bond motifs is 1. The summed E-state index contributed by atoms with van der Waals surface area (Å²) in [7, 11) is 0. The van der Waals surface area contributed by atoms with Gasteiger partial charge in [0.15, 0.2) is 0 Å². The van der Waals surface area contributed by atoms with Crippen LogP contribution in [0.15, 0.2) is 24.4 Å². The first-order valence-electron chi connectivity index (χ1n) is 7.15. The Balaban J connectivity index is 1.83. The summed E-state index contributed by atoms with van der Waals surface area (Å²) in [5.41, 5.74) is 1.50. The van der Waals surface area contributed by atoms with Gasteiger partial charge in [-0.2, -0.15) is 5.10 Å². The predicted molar refractivity (Wildman–Crippen MR) is 76.5 cm³/mol. The first-order chi connectivity index (χ1) is 9.81. The van der Waals surface area contributed by atoms with Crippen LogP contribution in [0.4, 0.5) is 0 Å². The summed E-state index contributed by atoms with van der Waals surface area (Å²) in [4.78, 5) is 14.7. The van der Waals surface area contributed by atoms with E-state index < -0.39 is 0 Å². The van der Waals surface area contributed by atoms with Gasteiger partial charge < -0.3 is 10.0 Å². The summed E-state index contributed by atoms with van der Waals surface area (Å²) in [5.74, 6) is 0.0697.